The predicted octanol–water partition coefficient (Wildman–Crippen LogP) is 2.93. The molecule has 0 saturated carbocycles. The van der Waals surface area contributed by atoms with Crippen LogP contribution in [0.25, 0.3) is 0 Å². The van der Waals surface area contributed by atoms with Crippen LogP contribution in [0, 0.1) is 0 Å². The van der Waals surface area contributed by atoms with Crippen molar-refractivity contribution in [3.8, 4) is 0 Å². The summed E-state index contributed by atoms with van der Waals surface area (Å²) in [5.74, 6) is 0.0924. The van der Waals surface area contributed by atoms with Gasteiger partial charge in [0.25, 0.3) is 0 Å². The van der Waals surface area contributed by atoms with Crippen molar-refractivity contribution in [2.24, 2.45) is 0 Å². The van der Waals surface area contributed by atoms with E-state index in [0.717, 1.165) is 18.5 Å². The Morgan fingerprint density at radius 1 is 1.08 bits per heavy atom. The van der Waals surface area contributed by atoms with Crippen molar-refractivity contribution in [3.05, 3.63) is 65.5 Å². The number of rotatable bonds is 7. The summed E-state index contributed by atoms with van der Waals surface area (Å²) in [7, 11) is 0. The van der Waals surface area contributed by atoms with E-state index < -0.39 is 0 Å². The summed E-state index contributed by atoms with van der Waals surface area (Å²) in [5, 5.41) is 3.06. The molecule has 1 aliphatic heterocycles. The lowest BCUT2D eigenvalue weighted by molar-refractivity contribution is -0.121. The molecule has 4 nitrogen and oxygen atoms in total. The second-order valence-corrected chi connectivity index (χ2v) is 6.39. The molecule has 1 amide bonds. The van der Waals surface area contributed by atoms with E-state index in [4.69, 9.17) is 0 Å². The summed E-state index contributed by atoms with van der Waals surface area (Å²) >= 11 is 0. The lowest BCUT2D eigenvalue weighted by Crippen LogP contribution is -2.25. The van der Waals surface area contributed by atoms with Crippen LogP contribution in [0.2, 0.25) is 0 Å². The van der Waals surface area contributed by atoms with Crippen molar-refractivity contribution in [2.75, 3.05) is 13.1 Å². The van der Waals surface area contributed by atoms with Crippen LogP contribution in [0.3, 0.4) is 0 Å². The van der Waals surface area contributed by atoms with Crippen LogP contribution in [-0.2, 0) is 24.3 Å². The largest absolute Gasteiger partial charge is 0.352 e. The minimum Gasteiger partial charge on any atom is -0.352 e. The van der Waals surface area contributed by atoms with Gasteiger partial charge in [0.15, 0.2) is 0 Å². The smallest absolute Gasteiger partial charge is 0.220 e. The second-order valence-electron chi connectivity index (χ2n) is 6.39. The van der Waals surface area contributed by atoms with Gasteiger partial charge in [-0.2, -0.15) is 0 Å². The molecule has 0 unspecified atom stereocenters. The van der Waals surface area contributed by atoms with Gasteiger partial charge in [-0.1, -0.05) is 30.3 Å². The fourth-order valence-corrected chi connectivity index (χ4v) is 3.15. The number of benzene rings is 1. The van der Waals surface area contributed by atoms with Crippen LogP contribution in [-0.4, -0.2) is 28.9 Å². The number of pyridine rings is 1. The number of nitrogens with zero attached hydrogens (tertiary/aromatic N) is 2. The molecule has 1 fully saturated rings. The van der Waals surface area contributed by atoms with Gasteiger partial charge in [-0.3, -0.25) is 14.7 Å². The highest BCUT2D eigenvalue weighted by Crippen LogP contribution is 2.16. The third-order valence-electron chi connectivity index (χ3n) is 4.55. The Kier molecular flexibility index (Phi) is 5.96. The quantitative estimate of drug-likeness (QED) is 0.852. The Labute approximate surface area is 143 Å². The van der Waals surface area contributed by atoms with Gasteiger partial charge in [0, 0.05) is 31.9 Å². The van der Waals surface area contributed by atoms with Crippen molar-refractivity contribution >= 4 is 5.91 Å². The van der Waals surface area contributed by atoms with Crippen LogP contribution in [0.15, 0.2) is 48.8 Å². The van der Waals surface area contributed by atoms with E-state index in [1.54, 1.807) is 6.20 Å². The highest BCUT2D eigenvalue weighted by molar-refractivity contribution is 5.76. The van der Waals surface area contributed by atoms with Crippen LogP contribution in [0.5, 0.6) is 0 Å². The van der Waals surface area contributed by atoms with E-state index in [-0.39, 0.29) is 5.91 Å². The average molecular weight is 323 g/mol. The number of hydrogen-bond donors (Lipinski definition) is 1. The molecule has 0 radical (unpaired) electrons. The molecule has 2 heterocycles. The van der Waals surface area contributed by atoms with E-state index in [1.807, 2.05) is 24.4 Å². The minimum absolute atomic E-state index is 0.0924. The summed E-state index contributed by atoms with van der Waals surface area (Å²) in [5.41, 5.74) is 3.65. The zero-order chi connectivity index (χ0) is 16.6. The SMILES string of the molecule is O=C(CCc1cccnc1)NCc1ccccc1CN1CCCC1. The van der Waals surface area contributed by atoms with Crippen LogP contribution in [0.1, 0.15) is 36.0 Å². The molecule has 3 rings (SSSR count). The topological polar surface area (TPSA) is 45.2 Å². The maximum Gasteiger partial charge on any atom is 0.220 e. The van der Waals surface area contributed by atoms with Gasteiger partial charge in [-0.25, -0.2) is 0 Å². The highest BCUT2D eigenvalue weighted by atomic mass is 16.1. The first kappa shape index (κ1) is 16.7. The average Bonchev–Trinajstić information content (AvgIpc) is 3.13. The lowest BCUT2D eigenvalue weighted by Gasteiger charge is -2.17. The first-order valence-corrected chi connectivity index (χ1v) is 8.76. The molecule has 24 heavy (non-hydrogen) atoms. The normalized spacial score (nSPS) is 14.7. The number of nitrogens with one attached hydrogen (secondary N) is 1. The number of amides is 1. The summed E-state index contributed by atoms with van der Waals surface area (Å²) in [6.45, 7) is 3.97. The Morgan fingerprint density at radius 2 is 1.88 bits per heavy atom. The molecule has 1 aromatic carbocycles. The number of likely N-dealkylation sites (tertiary alicyclic amines) is 1. The predicted molar refractivity (Wildman–Crippen MR) is 95.4 cm³/mol. The van der Waals surface area contributed by atoms with E-state index in [0.29, 0.717) is 13.0 Å². The third kappa shape index (κ3) is 4.90. The molecular formula is C20H25N3O. The van der Waals surface area contributed by atoms with Crippen LogP contribution in [0.4, 0.5) is 0 Å². The van der Waals surface area contributed by atoms with E-state index >= 15 is 0 Å². The Hall–Kier alpha value is -2.20. The third-order valence-corrected chi connectivity index (χ3v) is 4.55. The summed E-state index contributed by atoms with van der Waals surface area (Å²) in [6.07, 6.45) is 7.40. The number of carbonyl (C=O) groups is 1. The first-order valence-electron chi connectivity index (χ1n) is 8.76. The monoisotopic (exact) mass is 323 g/mol. The Morgan fingerprint density at radius 3 is 2.62 bits per heavy atom. The zero-order valence-corrected chi connectivity index (χ0v) is 14.1. The molecule has 1 saturated heterocycles. The summed E-state index contributed by atoms with van der Waals surface area (Å²) in [4.78, 5) is 18.7. The molecule has 4 heteroatoms. The number of hydrogen-bond acceptors (Lipinski definition) is 3. The fourth-order valence-electron chi connectivity index (χ4n) is 3.15. The van der Waals surface area contributed by atoms with Crippen LogP contribution < -0.4 is 5.32 Å². The van der Waals surface area contributed by atoms with Gasteiger partial charge in [-0.05, 0) is 55.1 Å². The van der Waals surface area contributed by atoms with Crippen molar-refractivity contribution in [1.29, 1.82) is 0 Å². The molecule has 2 aromatic rings. The van der Waals surface area contributed by atoms with Gasteiger partial charge in [0.1, 0.15) is 0 Å². The first-order chi connectivity index (χ1) is 11.8. The lowest BCUT2D eigenvalue weighted by atomic mass is 10.1. The zero-order valence-electron chi connectivity index (χ0n) is 14.1. The Balaban J connectivity index is 1.49. The maximum absolute atomic E-state index is 12.1. The number of aromatic nitrogens is 1. The van der Waals surface area contributed by atoms with Gasteiger partial charge in [0.05, 0.1) is 0 Å². The van der Waals surface area contributed by atoms with Gasteiger partial charge < -0.3 is 5.32 Å². The molecule has 0 bridgehead atoms. The summed E-state index contributed by atoms with van der Waals surface area (Å²) in [6, 6.07) is 12.3. The van der Waals surface area contributed by atoms with Crippen molar-refractivity contribution in [1.82, 2.24) is 15.2 Å². The maximum atomic E-state index is 12.1. The Bertz CT molecular complexity index is 651. The molecular weight excluding hydrogens is 298 g/mol. The van der Waals surface area contributed by atoms with E-state index in [2.05, 4.69) is 33.4 Å². The van der Waals surface area contributed by atoms with Crippen molar-refractivity contribution < 1.29 is 4.79 Å². The van der Waals surface area contributed by atoms with Crippen molar-refractivity contribution in [3.63, 3.8) is 0 Å². The van der Waals surface area contributed by atoms with E-state index in [9.17, 15) is 4.79 Å². The molecule has 126 valence electrons. The second kappa shape index (κ2) is 8.60. The highest BCUT2D eigenvalue weighted by Gasteiger charge is 2.13. The number of aryl methyl sites for hydroxylation is 1. The molecule has 1 aromatic heterocycles. The minimum atomic E-state index is 0.0924. The molecule has 1 aliphatic rings. The molecule has 0 atom stereocenters. The van der Waals surface area contributed by atoms with Gasteiger partial charge in [0.2, 0.25) is 5.91 Å². The summed E-state index contributed by atoms with van der Waals surface area (Å²) < 4.78 is 0. The van der Waals surface area contributed by atoms with Crippen LogP contribution >= 0.6 is 0 Å². The number of carbonyl (C=O) groups excluding carboxylic acids is 1. The van der Waals surface area contributed by atoms with Gasteiger partial charge >= 0.3 is 0 Å². The van der Waals surface area contributed by atoms with Crippen molar-refractivity contribution in [2.45, 2.75) is 38.8 Å². The molecule has 1 N–H and O–H groups in total. The van der Waals surface area contributed by atoms with E-state index in [1.165, 1.54) is 37.1 Å². The fraction of sp³-hybridized carbons (Fsp3) is 0.400. The standard InChI is InChI=1S/C20H25N3O/c24-20(10-9-17-6-5-11-21-14-17)22-15-18-7-1-2-8-19(18)16-23-12-3-4-13-23/h1-2,5-8,11,14H,3-4,9-10,12-13,15-16H2,(H,22,24). The molecule has 0 spiro atoms. The van der Waals surface area contributed by atoms with Gasteiger partial charge in [-0.15, -0.1) is 0 Å². The molecule has 0 aliphatic carbocycles.